The molecule has 0 aromatic heterocycles. The van der Waals surface area contributed by atoms with Crippen molar-refractivity contribution < 1.29 is 22.0 Å². The van der Waals surface area contributed by atoms with Crippen molar-refractivity contribution in [1.29, 1.82) is 0 Å². The summed E-state index contributed by atoms with van der Waals surface area (Å²) in [5.74, 6) is -3.73. The third kappa shape index (κ3) is 3.99. The van der Waals surface area contributed by atoms with Gasteiger partial charge in [0.05, 0.1) is 4.90 Å². The molecule has 0 radical (unpaired) electrons. The van der Waals surface area contributed by atoms with Gasteiger partial charge in [0.2, 0.25) is 9.84 Å². The molecule has 1 aliphatic heterocycles. The van der Waals surface area contributed by atoms with Crippen LogP contribution in [0.2, 0.25) is 0 Å². The fourth-order valence-electron chi connectivity index (χ4n) is 2.44. The molecule has 1 aromatic rings. The van der Waals surface area contributed by atoms with Gasteiger partial charge in [-0.1, -0.05) is 6.92 Å². The van der Waals surface area contributed by atoms with E-state index in [9.17, 15) is 22.0 Å². The summed E-state index contributed by atoms with van der Waals surface area (Å²) in [4.78, 5) is 13.5. The Morgan fingerprint density at radius 1 is 1.35 bits per heavy atom. The average molecular weight is 369 g/mol. The predicted molar refractivity (Wildman–Crippen MR) is 84.6 cm³/mol. The van der Waals surface area contributed by atoms with Crippen LogP contribution in [-0.2, 0) is 9.84 Å². The molecule has 2 rings (SSSR count). The smallest absolute Gasteiger partial charge is 0.338 e. The normalized spacial score (nSPS) is 21.3. The summed E-state index contributed by atoms with van der Waals surface area (Å²) < 4.78 is 47.6. The highest BCUT2D eigenvalue weighted by Gasteiger charge is 2.35. The third-order valence-corrected chi connectivity index (χ3v) is 5.40. The summed E-state index contributed by atoms with van der Waals surface area (Å²) in [5, 5.41) is 0. The number of rotatable bonds is 4. The van der Waals surface area contributed by atoms with Crippen molar-refractivity contribution in [3.63, 3.8) is 0 Å². The van der Waals surface area contributed by atoms with Crippen molar-refractivity contribution in [3.05, 3.63) is 29.8 Å². The van der Waals surface area contributed by atoms with E-state index >= 15 is 0 Å². The zero-order valence-electron chi connectivity index (χ0n) is 12.5. The van der Waals surface area contributed by atoms with Crippen molar-refractivity contribution in [2.45, 2.75) is 24.0 Å². The Kier molecular flexibility index (Phi) is 6.12. The molecule has 1 aromatic carbocycles. The minimum absolute atomic E-state index is 0. The number of sulfone groups is 1. The molecule has 9 heteroatoms. The van der Waals surface area contributed by atoms with Crippen LogP contribution in [0.3, 0.4) is 0 Å². The molecule has 1 amide bonds. The number of halogens is 3. The Balaban J connectivity index is 0.00000264. The van der Waals surface area contributed by atoms with Gasteiger partial charge in [-0.2, -0.15) is 8.78 Å². The third-order valence-electron chi connectivity index (χ3n) is 4.00. The number of alkyl halides is 2. The van der Waals surface area contributed by atoms with Gasteiger partial charge in [0.1, 0.15) is 0 Å². The number of likely N-dealkylation sites (tertiary alicyclic amines) is 1. The van der Waals surface area contributed by atoms with E-state index in [1.165, 1.54) is 12.1 Å². The van der Waals surface area contributed by atoms with Gasteiger partial charge in [-0.15, -0.1) is 12.4 Å². The molecule has 1 heterocycles. The molecule has 2 N–H and O–H groups in total. The molecule has 1 fully saturated rings. The van der Waals surface area contributed by atoms with Gasteiger partial charge in [-0.25, -0.2) is 8.42 Å². The number of nitrogens with zero attached hydrogens (tertiary/aromatic N) is 1. The second-order valence-corrected chi connectivity index (χ2v) is 7.74. The van der Waals surface area contributed by atoms with Crippen LogP contribution in [0, 0.1) is 5.41 Å². The standard InChI is InChI=1S/C14H18F2N2O3S.ClH/c1-14(8-17)6-7-18(9-14)12(19)10-2-4-11(5-3-10)22(20,21)13(15)16;/h2-5,13H,6-9,17H2,1H3;1H. The summed E-state index contributed by atoms with van der Waals surface area (Å²) in [7, 11) is -4.64. The largest absolute Gasteiger partial charge is 0.341 e. The van der Waals surface area contributed by atoms with Crippen LogP contribution in [0.1, 0.15) is 23.7 Å². The summed E-state index contributed by atoms with van der Waals surface area (Å²) in [5.41, 5.74) is 5.85. The van der Waals surface area contributed by atoms with Crippen LogP contribution in [0.4, 0.5) is 8.78 Å². The van der Waals surface area contributed by atoms with E-state index in [-0.39, 0.29) is 29.3 Å². The molecule has 1 aliphatic rings. The van der Waals surface area contributed by atoms with Gasteiger partial charge in [0.15, 0.2) is 0 Å². The number of hydrogen-bond acceptors (Lipinski definition) is 4. The lowest BCUT2D eigenvalue weighted by Gasteiger charge is -2.22. The van der Waals surface area contributed by atoms with Gasteiger partial charge in [0, 0.05) is 18.7 Å². The van der Waals surface area contributed by atoms with E-state index in [4.69, 9.17) is 5.73 Å². The molecule has 0 bridgehead atoms. The number of nitrogens with two attached hydrogens (primary N) is 1. The Labute approximate surface area is 140 Å². The van der Waals surface area contributed by atoms with Crippen LogP contribution in [0.25, 0.3) is 0 Å². The highest BCUT2D eigenvalue weighted by atomic mass is 35.5. The van der Waals surface area contributed by atoms with Gasteiger partial charge in [-0.3, -0.25) is 4.79 Å². The Morgan fingerprint density at radius 3 is 2.35 bits per heavy atom. The zero-order valence-corrected chi connectivity index (χ0v) is 14.2. The lowest BCUT2D eigenvalue weighted by atomic mass is 9.90. The quantitative estimate of drug-likeness (QED) is 0.880. The SMILES string of the molecule is CC1(CN)CCN(C(=O)c2ccc(S(=O)(=O)C(F)F)cc2)C1.Cl. The summed E-state index contributed by atoms with van der Waals surface area (Å²) in [6.07, 6.45) is 0.799. The van der Waals surface area contributed by atoms with Crippen molar-refractivity contribution >= 4 is 28.2 Å². The first-order valence-corrected chi connectivity index (χ1v) is 8.36. The second-order valence-electron chi connectivity index (χ2n) is 5.82. The first-order valence-electron chi connectivity index (χ1n) is 6.81. The molecule has 1 atom stereocenters. The highest BCUT2D eigenvalue weighted by Crippen LogP contribution is 2.29. The Hall–Kier alpha value is -1.25. The molecule has 5 nitrogen and oxygen atoms in total. The monoisotopic (exact) mass is 368 g/mol. The van der Waals surface area contributed by atoms with Crippen molar-refractivity contribution in [1.82, 2.24) is 4.90 Å². The van der Waals surface area contributed by atoms with Crippen LogP contribution in [-0.4, -0.2) is 44.6 Å². The first-order chi connectivity index (χ1) is 10.2. The molecule has 0 spiro atoms. The number of carbonyl (C=O) groups excluding carboxylic acids is 1. The minimum atomic E-state index is -4.64. The van der Waals surface area contributed by atoms with Crippen molar-refractivity contribution in [2.24, 2.45) is 11.1 Å². The molecule has 0 saturated carbocycles. The summed E-state index contributed by atoms with van der Waals surface area (Å²) in [6.45, 7) is 3.57. The summed E-state index contributed by atoms with van der Waals surface area (Å²) in [6, 6.07) is 4.59. The number of benzene rings is 1. The summed E-state index contributed by atoms with van der Waals surface area (Å²) >= 11 is 0. The first kappa shape index (κ1) is 19.8. The lowest BCUT2D eigenvalue weighted by Crippen LogP contribution is -2.34. The van der Waals surface area contributed by atoms with E-state index < -0.39 is 20.5 Å². The maximum absolute atomic E-state index is 12.5. The van der Waals surface area contributed by atoms with E-state index in [0.29, 0.717) is 19.6 Å². The maximum Gasteiger partial charge on any atom is 0.341 e. The Morgan fingerprint density at radius 2 is 1.91 bits per heavy atom. The molecule has 1 unspecified atom stereocenters. The van der Waals surface area contributed by atoms with E-state index in [1.54, 1.807) is 4.90 Å². The zero-order chi connectivity index (χ0) is 16.5. The van der Waals surface area contributed by atoms with E-state index in [0.717, 1.165) is 18.6 Å². The lowest BCUT2D eigenvalue weighted by molar-refractivity contribution is 0.0777. The van der Waals surface area contributed by atoms with Crippen LogP contribution >= 0.6 is 12.4 Å². The highest BCUT2D eigenvalue weighted by molar-refractivity contribution is 7.91. The van der Waals surface area contributed by atoms with Crippen molar-refractivity contribution in [3.8, 4) is 0 Å². The van der Waals surface area contributed by atoms with E-state index in [2.05, 4.69) is 0 Å². The molecule has 0 aliphatic carbocycles. The fourth-order valence-corrected chi connectivity index (χ4v) is 3.16. The topological polar surface area (TPSA) is 80.5 Å². The number of carbonyl (C=O) groups is 1. The molecule has 130 valence electrons. The molecule has 1 saturated heterocycles. The van der Waals surface area contributed by atoms with Crippen LogP contribution < -0.4 is 5.73 Å². The minimum Gasteiger partial charge on any atom is -0.338 e. The van der Waals surface area contributed by atoms with Gasteiger partial charge >= 0.3 is 5.76 Å². The predicted octanol–water partition coefficient (Wildman–Crippen LogP) is 1.92. The Bertz CT molecular complexity index is 667. The van der Waals surface area contributed by atoms with E-state index in [1.807, 2.05) is 6.92 Å². The molecule has 23 heavy (non-hydrogen) atoms. The number of hydrogen-bond donors (Lipinski definition) is 1. The van der Waals surface area contributed by atoms with Crippen molar-refractivity contribution in [2.75, 3.05) is 19.6 Å². The van der Waals surface area contributed by atoms with Gasteiger partial charge in [0.25, 0.3) is 5.91 Å². The fraction of sp³-hybridized carbons (Fsp3) is 0.500. The van der Waals surface area contributed by atoms with Gasteiger partial charge in [-0.05, 0) is 42.6 Å². The van der Waals surface area contributed by atoms with Gasteiger partial charge < -0.3 is 10.6 Å². The maximum atomic E-state index is 12.5. The second kappa shape index (κ2) is 7.11. The van der Waals surface area contributed by atoms with Crippen LogP contribution in [0.15, 0.2) is 29.2 Å². The van der Waals surface area contributed by atoms with Crippen LogP contribution in [0.5, 0.6) is 0 Å². The average Bonchev–Trinajstić information content (AvgIpc) is 2.90. The molecular weight excluding hydrogens is 350 g/mol. The molecular formula is C14H19ClF2N2O3S. The number of amides is 1.